The third-order valence-corrected chi connectivity index (χ3v) is 3.91. The van der Waals surface area contributed by atoms with Crippen molar-refractivity contribution >= 4 is 27.8 Å². The van der Waals surface area contributed by atoms with Crippen LogP contribution in [0, 0.1) is 27.4 Å². The van der Waals surface area contributed by atoms with Crippen LogP contribution < -0.4 is 4.90 Å². The van der Waals surface area contributed by atoms with E-state index in [0.717, 1.165) is 11.3 Å². The largest absolute Gasteiger partial charge is 0.357 e. The maximum atomic E-state index is 11.3. The number of anilines is 1. The van der Waals surface area contributed by atoms with Crippen molar-refractivity contribution in [3.05, 3.63) is 21.1 Å². The third kappa shape index (κ3) is 3.51. The number of thiophene rings is 1. The van der Waals surface area contributed by atoms with Gasteiger partial charge in [0.1, 0.15) is 0 Å². The molecule has 0 aliphatic carbocycles. The predicted molar refractivity (Wildman–Crippen MR) is 73.6 cm³/mol. The van der Waals surface area contributed by atoms with E-state index < -0.39 is 4.92 Å². The van der Waals surface area contributed by atoms with Gasteiger partial charge in [-0.2, -0.15) is 5.26 Å². The second-order valence-corrected chi connectivity index (χ2v) is 5.21. The molecule has 0 N–H and O–H groups in total. The van der Waals surface area contributed by atoms with Gasteiger partial charge in [-0.05, 0) is 20.8 Å². The molecular weight excluding hydrogens is 266 g/mol. The Morgan fingerprint density at radius 1 is 1.68 bits per heavy atom. The van der Waals surface area contributed by atoms with Crippen molar-refractivity contribution in [1.82, 2.24) is 0 Å². The minimum Gasteiger partial charge on any atom is -0.357 e. The molecule has 0 aliphatic heterocycles. The fraction of sp³-hybridized carbons (Fsp3) is 0.500. The Morgan fingerprint density at radius 2 is 2.32 bits per heavy atom. The normalized spacial score (nSPS) is 11.7. The molecule has 6 nitrogen and oxygen atoms in total. The van der Waals surface area contributed by atoms with Crippen molar-refractivity contribution in [2.24, 2.45) is 5.92 Å². The SMILES string of the molecule is CCN(C[C@H](C)C#N)c1sc(C(C)=O)cc1[N+](=O)[O-]. The van der Waals surface area contributed by atoms with E-state index in [2.05, 4.69) is 6.07 Å². The molecule has 102 valence electrons. The van der Waals surface area contributed by atoms with Crippen LogP contribution in [0.3, 0.4) is 0 Å². The quantitative estimate of drug-likeness (QED) is 0.454. The number of hydrogen-bond donors (Lipinski definition) is 0. The molecule has 19 heavy (non-hydrogen) atoms. The molecule has 0 spiro atoms. The minimum absolute atomic E-state index is 0.0674. The van der Waals surface area contributed by atoms with E-state index >= 15 is 0 Å². The molecule has 1 rings (SSSR count). The van der Waals surface area contributed by atoms with Crippen LogP contribution in [0.1, 0.15) is 30.4 Å². The van der Waals surface area contributed by atoms with Crippen LogP contribution >= 0.6 is 11.3 Å². The van der Waals surface area contributed by atoms with Crippen molar-refractivity contribution < 1.29 is 9.72 Å². The van der Waals surface area contributed by atoms with Crippen molar-refractivity contribution in [2.75, 3.05) is 18.0 Å². The standard InChI is InChI=1S/C12H15N3O3S/c1-4-14(7-8(2)6-13)12-10(15(17)18)5-11(19-12)9(3)16/h5,8H,4,7H2,1-3H3/t8-/m1/s1. The second-order valence-electron chi connectivity index (χ2n) is 4.18. The van der Waals surface area contributed by atoms with Crippen LogP contribution in [-0.2, 0) is 0 Å². The summed E-state index contributed by atoms with van der Waals surface area (Å²) in [4.78, 5) is 24.0. The van der Waals surface area contributed by atoms with E-state index in [1.165, 1.54) is 13.0 Å². The maximum absolute atomic E-state index is 11.3. The summed E-state index contributed by atoms with van der Waals surface area (Å²) in [5, 5.41) is 20.3. The zero-order chi connectivity index (χ0) is 14.6. The van der Waals surface area contributed by atoms with E-state index in [1.807, 2.05) is 6.92 Å². The molecule has 0 aromatic carbocycles. The molecule has 1 heterocycles. The Labute approximate surface area is 115 Å². The van der Waals surface area contributed by atoms with Crippen molar-refractivity contribution in [3.63, 3.8) is 0 Å². The van der Waals surface area contributed by atoms with Gasteiger partial charge in [0.2, 0.25) is 0 Å². The molecule has 7 heteroatoms. The van der Waals surface area contributed by atoms with Crippen LogP contribution in [0.2, 0.25) is 0 Å². The molecule has 0 bridgehead atoms. The van der Waals surface area contributed by atoms with E-state index in [9.17, 15) is 14.9 Å². The molecule has 0 fully saturated rings. The first-order valence-corrected chi connectivity index (χ1v) is 6.66. The fourth-order valence-electron chi connectivity index (χ4n) is 1.63. The number of nitro groups is 1. The molecule has 1 aromatic rings. The Bertz CT molecular complexity index is 533. The molecule has 0 radical (unpaired) electrons. The summed E-state index contributed by atoms with van der Waals surface area (Å²) in [5.74, 6) is -0.425. The van der Waals surface area contributed by atoms with Gasteiger partial charge in [-0.25, -0.2) is 0 Å². The molecule has 1 aromatic heterocycles. The number of rotatable bonds is 6. The second kappa shape index (κ2) is 6.29. The number of carbonyl (C=O) groups is 1. The highest BCUT2D eigenvalue weighted by Crippen LogP contribution is 2.38. The molecule has 0 saturated carbocycles. The summed E-state index contributed by atoms with van der Waals surface area (Å²) in [6.07, 6.45) is 0. The summed E-state index contributed by atoms with van der Waals surface area (Å²) in [6, 6.07) is 3.41. The zero-order valence-corrected chi connectivity index (χ0v) is 11.9. The predicted octanol–water partition coefficient (Wildman–Crippen LogP) is 2.84. The molecular formula is C12H15N3O3S. The number of hydrogen-bond acceptors (Lipinski definition) is 6. The topological polar surface area (TPSA) is 87.2 Å². The lowest BCUT2D eigenvalue weighted by atomic mass is 10.2. The highest BCUT2D eigenvalue weighted by molar-refractivity contribution is 7.18. The van der Waals surface area contributed by atoms with Crippen LogP contribution in [-0.4, -0.2) is 23.8 Å². The number of carbonyl (C=O) groups excluding carboxylic acids is 1. The first-order valence-electron chi connectivity index (χ1n) is 5.84. The Balaban J connectivity index is 3.18. The average molecular weight is 281 g/mol. The lowest BCUT2D eigenvalue weighted by Gasteiger charge is -2.21. The lowest BCUT2D eigenvalue weighted by molar-refractivity contribution is -0.383. The van der Waals surface area contributed by atoms with Gasteiger partial charge < -0.3 is 4.90 Å². The van der Waals surface area contributed by atoms with Gasteiger partial charge in [0.05, 0.1) is 21.8 Å². The van der Waals surface area contributed by atoms with Gasteiger partial charge >= 0.3 is 5.69 Å². The number of nitriles is 1. The van der Waals surface area contributed by atoms with Gasteiger partial charge in [-0.15, -0.1) is 11.3 Å². The average Bonchev–Trinajstić information content (AvgIpc) is 2.80. The Hall–Kier alpha value is -1.94. The van der Waals surface area contributed by atoms with E-state index in [0.29, 0.717) is 23.0 Å². The lowest BCUT2D eigenvalue weighted by Crippen LogP contribution is -2.27. The summed E-state index contributed by atoms with van der Waals surface area (Å²) in [7, 11) is 0. The summed E-state index contributed by atoms with van der Waals surface area (Å²) in [5.41, 5.74) is -0.0674. The molecule has 0 saturated heterocycles. The Morgan fingerprint density at radius 3 is 2.74 bits per heavy atom. The van der Waals surface area contributed by atoms with Crippen molar-refractivity contribution in [1.29, 1.82) is 5.26 Å². The fourth-order valence-corrected chi connectivity index (χ4v) is 2.72. The van der Waals surface area contributed by atoms with Crippen LogP contribution in [0.25, 0.3) is 0 Å². The summed E-state index contributed by atoms with van der Waals surface area (Å²) >= 11 is 1.11. The number of ketones is 1. The molecule has 0 amide bonds. The summed E-state index contributed by atoms with van der Waals surface area (Å²) < 4.78 is 0. The molecule has 0 aliphatic rings. The highest BCUT2D eigenvalue weighted by Gasteiger charge is 2.25. The van der Waals surface area contributed by atoms with E-state index in [4.69, 9.17) is 5.26 Å². The third-order valence-electron chi connectivity index (χ3n) is 2.62. The first-order chi connectivity index (χ1) is 8.90. The Kier molecular flexibility index (Phi) is 5.01. The van der Waals surface area contributed by atoms with Gasteiger partial charge in [0.25, 0.3) is 0 Å². The van der Waals surface area contributed by atoms with Gasteiger partial charge in [-0.1, -0.05) is 0 Å². The van der Waals surface area contributed by atoms with Crippen LogP contribution in [0.5, 0.6) is 0 Å². The smallest absolute Gasteiger partial charge is 0.304 e. The summed E-state index contributed by atoms with van der Waals surface area (Å²) in [6.45, 7) is 5.96. The minimum atomic E-state index is -0.488. The van der Waals surface area contributed by atoms with Crippen molar-refractivity contribution in [2.45, 2.75) is 20.8 Å². The van der Waals surface area contributed by atoms with Gasteiger partial charge in [-0.3, -0.25) is 14.9 Å². The number of Topliss-reactive ketones (excluding diaryl/α,β-unsaturated/α-hetero) is 1. The maximum Gasteiger partial charge on any atom is 0.304 e. The van der Waals surface area contributed by atoms with E-state index in [-0.39, 0.29) is 17.4 Å². The monoisotopic (exact) mass is 281 g/mol. The van der Waals surface area contributed by atoms with Crippen LogP contribution in [0.4, 0.5) is 10.7 Å². The van der Waals surface area contributed by atoms with Gasteiger partial charge in [0, 0.05) is 19.2 Å². The molecule has 1 atom stereocenters. The van der Waals surface area contributed by atoms with Crippen LogP contribution in [0.15, 0.2) is 6.07 Å². The zero-order valence-electron chi connectivity index (χ0n) is 11.0. The highest BCUT2D eigenvalue weighted by atomic mass is 32.1. The van der Waals surface area contributed by atoms with Crippen molar-refractivity contribution in [3.8, 4) is 6.07 Å². The van der Waals surface area contributed by atoms with Gasteiger partial charge in [0.15, 0.2) is 10.8 Å². The first kappa shape index (κ1) is 15.1. The van der Waals surface area contributed by atoms with E-state index in [1.54, 1.807) is 11.8 Å². The molecule has 0 unspecified atom stereocenters. The number of nitrogens with zero attached hydrogens (tertiary/aromatic N) is 3.